The van der Waals surface area contributed by atoms with Crippen molar-refractivity contribution in [2.75, 3.05) is 0 Å². The van der Waals surface area contributed by atoms with E-state index in [0.29, 0.717) is 5.76 Å². The van der Waals surface area contributed by atoms with Crippen LogP contribution in [0.15, 0.2) is 55.7 Å². The van der Waals surface area contributed by atoms with Crippen LogP contribution in [0.2, 0.25) is 0 Å². The molecule has 0 radical (unpaired) electrons. The number of aromatic amines is 1. The zero-order chi connectivity index (χ0) is 10.2. The van der Waals surface area contributed by atoms with Gasteiger partial charge in [-0.3, -0.25) is 5.10 Å². The molecule has 0 fully saturated rings. The number of hydrogen-bond acceptors (Lipinski definition) is 2. The summed E-state index contributed by atoms with van der Waals surface area (Å²) in [5.41, 5.74) is 0.910. The van der Waals surface area contributed by atoms with Gasteiger partial charge >= 0.3 is 0 Å². The quantitative estimate of drug-likeness (QED) is 0.569. The van der Waals surface area contributed by atoms with E-state index in [1.165, 1.54) is 6.26 Å². The van der Waals surface area contributed by atoms with Crippen molar-refractivity contribution in [2.45, 2.75) is 0 Å². The molecule has 0 unspecified atom stereocenters. The third-order valence-corrected chi connectivity index (χ3v) is 1.45. The standard InChI is InChI=1S/C11H12N2O/c1-3-5-11(14-4-2)7-6-10-8-9-12-13-10/h3-9H,1-2H2,(H,12,13)/b7-6+,11-5-. The van der Waals surface area contributed by atoms with Crippen LogP contribution < -0.4 is 0 Å². The number of hydrogen-bond donors (Lipinski definition) is 1. The van der Waals surface area contributed by atoms with Crippen LogP contribution in [0.4, 0.5) is 0 Å². The van der Waals surface area contributed by atoms with Gasteiger partial charge in [-0.05, 0) is 24.3 Å². The third kappa shape index (κ3) is 3.15. The molecule has 3 heteroatoms. The summed E-state index contributed by atoms with van der Waals surface area (Å²) in [7, 11) is 0. The van der Waals surface area contributed by atoms with Crippen molar-refractivity contribution in [3.05, 3.63) is 61.4 Å². The van der Waals surface area contributed by atoms with Crippen LogP contribution in [-0.4, -0.2) is 10.2 Å². The molecule has 1 aromatic heterocycles. The van der Waals surface area contributed by atoms with Gasteiger partial charge in [0.2, 0.25) is 0 Å². The topological polar surface area (TPSA) is 37.9 Å². The molecule has 0 saturated carbocycles. The first-order valence-electron chi connectivity index (χ1n) is 4.14. The Bertz CT molecular complexity index is 347. The lowest BCUT2D eigenvalue weighted by Gasteiger charge is -1.97. The fraction of sp³-hybridized carbons (Fsp3) is 0. The highest BCUT2D eigenvalue weighted by Crippen LogP contribution is 2.04. The van der Waals surface area contributed by atoms with Crippen LogP contribution in [0.5, 0.6) is 0 Å². The molecule has 0 amide bonds. The minimum atomic E-state index is 0.671. The maximum absolute atomic E-state index is 5.11. The largest absolute Gasteiger partial charge is 0.466 e. The molecule has 1 heterocycles. The van der Waals surface area contributed by atoms with E-state index in [4.69, 9.17) is 4.74 Å². The molecule has 0 aliphatic carbocycles. The highest BCUT2D eigenvalue weighted by molar-refractivity contribution is 5.47. The molecule has 0 aromatic carbocycles. The highest BCUT2D eigenvalue weighted by Gasteiger charge is 1.89. The zero-order valence-corrected chi connectivity index (χ0v) is 7.81. The predicted molar refractivity (Wildman–Crippen MR) is 57.2 cm³/mol. The van der Waals surface area contributed by atoms with Gasteiger partial charge in [0.1, 0.15) is 5.76 Å². The summed E-state index contributed by atoms with van der Waals surface area (Å²) in [6.45, 7) is 7.06. The number of nitrogens with zero attached hydrogens (tertiary/aromatic N) is 1. The lowest BCUT2D eigenvalue weighted by atomic mass is 10.3. The van der Waals surface area contributed by atoms with Crippen LogP contribution in [0, 0.1) is 0 Å². The first-order chi connectivity index (χ1) is 6.86. The fourth-order valence-electron chi connectivity index (χ4n) is 0.878. The maximum atomic E-state index is 5.11. The monoisotopic (exact) mass is 188 g/mol. The van der Waals surface area contributed by atoms with E-state index in [9.17, 15) is 0 Å². The minimum absolute atomic E-state index is 0.671. The van der Waals surface area contributed by atoms with E-state index in [-0.39, 0.29) is 0 Å². The molecule has 14 heavy (non-hydrogen) atoms. The number of ether oxygens (including phenoxy) is 1. The van der Waals surface area contributed by atoms with Gasteiger partial charge in [-0.1, -0.05) is 19.2 Å². The molecule has 1 aromatic rings. The lowest BCUT2D eigenvalue weighted by Crippen LogP contribution is -1.79. The van der Waals surface area contributed by atoms with Gasteiger partial charge in [-0.25, -0.2) is 0 Å². The van der Waals surface area contributed by atoms with Crippen molar-refractivity contribution >= 4 is 6.08 Å². The Kier molecular flexibility index (Phi) is 4.01. The minimum Gasteiger partial charge on any atom is -0.466 e. The van der Waals surface area contributed by atoms with Crippen LogP contribution in [0.1, 0.15) is 5.69 Å². The molecular weight excluding hydrogens is 176 g/mol. The van der Waals surface area contributed by atoms with Crippen molar-refractivity contribution < 1.29 is 4.74 Å². The summed E-state index contributed by atoms with van der Waals surface area (Å²) in [4.78, 5) is 0. The normalized spacial score (nSPS) is 11.6. The molecule has 72 valence electrons. The summed E-state index contributed by atoms with van der Waals surface area (Å²) in [6, 6.07) is 1.86. The Morgan fingerprint density at radius 2 is 2.36 bits per heavy atom. The van der Waals surface area contributed by atoms with Gasteiger partial charge in [0.15, 0.2) is 0 Å². The molecule has 0 bridgehead atoms. The number of nitrogens with one attached hydrogen (secondary N) is 1. The van der Waals surface area contributed by atoms with Crippen LogP contribution in [0.3, 0.4) is 0 Å². The highest BCUT2D eigenvalue weighted by atomic mass is 16.5. The second-order valence-electron chi connectivity index (χ2n) is 2.43. The van der Waals surface area contributed by atoms with Gasteiger partial charge < -0.3 is 4.74 Å². The van der Waals surface area contributed by atoms with E-state index in [1.807, 2.05) is 12.1 Å². The third-order valence-electron chi connectivity index (χ3n) is 1.45. The summed E-state index contributed by atoms with van der Waals surface area (Å²) < 4.78 is 5.11. The molecule has 1 rings (SSSR count). The van der Waals surface area contributed by atoms with E-state index >= 15 is 0 Å². The number of H-pyrrole nitrogens is 1. The van der Waals surface area contributed by atoms with Crippen molar-refractivity contribution in [3.8, 4) is 0 Å². The molecule has 1 N–H and O–H groups in total. The Morgan fingerprint density at radius 3 is 2.93 bits per heavy atom. The van der Waals surface area contributed by atoms with Crippen LogP contribution in [-0.2, 0) is 4.74 Å². The molecule has 0 aliphatic rings. The Morgan fingerprint density at radius 1 is 1.50 bits per heavy atom. The zero-order valence-electron chi connectivity index (χ0n) is 7.81. The van der Waals surface area contributed by atoms with Gasteiger partial charge in [0, 0.05) is 6.20 Å². The summed E-state index contributed by atoms with van der Waals surface area (Å²) in [6.07, 6.45) is 10.1. The average Bonchev–Trinajstić information content (AvgIpc) is 2.67. The molecule has 0 spiro atoms. The number of allylic oxidation sites excluding steroid dienone is 3. The average molecular weight is 188 g/mol. The molecule has 0 aliphatic heterocycles. The Hall–Kier alpha value is -2.03. The fourth-order valence-corrected chi connectivity index (χ4v) is 0.878. The molecule has 0 saturated heterocycles. The molecule has 0 atom stereocenters. The van der Waals surface area contributed by atoms with Crippen molar-refractivity contribution in [3.63, 3.8) is 0 Å². The van der Waals surface area contributed by atoms with Gasteiger partial charge in [0.05, 0.1) is 12.0 Å². The number of rotatable bonds is 5. The van der Waals surface area contributed by atoms with Crippen LogP contribution in [0.25, 0.3) is 6.08 Å². The van der Waals surface area contributed by atoms with E-state index in [1.54, 1.807) is 24.4 Å². The first-order valence-corrected chi connectivity index (χ1v) is 4.14. The Labute approximate surface area is 83.1 Å². The molecular formula is C11H12N2O. The summed E-state index contributed by atoms with van der Waals surface area (Å²) >= 11 is 0. The predicted octanol–water partition coefficient (Wildman–Crippen LogP) is 2.65. The van der Waals surface area contributed by atoms with Gasteiger partial charge in [-0.15, -0.1) is 0 Å². The van der Waals surface area contributed by atoms with Gasteiger partial charge in [-0.2, -0.15) is 5.10 Å². The number of aromatic nitrogens is 2. The maximum Gasteiger partial charge on any atom is 0.126 e. The summed E-state index contributed by atoms with van der Waals surface area (Å²) in [5.74, 6) is 0.671. The van der Waals surface area contributed by atoms with E-state index in [2.05, 4.69) is 23.4 Å². The summed E-state index contributed by atoms with van der Waals surface area (Å²) in [5, 5.41) is 6.62. The SMILES string of the molecule is C=C/C=C(/C=C/c1ccn[nH]1)OC=C. The first kappa shape index (κ1) is 10.1. The van der Waals surface area contributed by atoms with Crippen molar-refractivity contribution in [1.82, 2.24) is 10.2 Å². The van der Waals surface area contributed by atoms with E-state index < -0.39 is 0 Å². The second-order valence-corrected chi connectivity index (χ2v) is 2.43. The van der Waals surface area contributed by atoms with Crippen molar-refractivity contribution in [2.24, 2.45) is 0 Å². The van der Waals surface area contributed by atoms with Crippen molar-refractivity contribution in [1.29, 1.82) is 0 Å². The smallest absolute Gasteiger partial charge is 0.126 e. The molecule has 3 nitrogen and oxygen atoms in total. The van der Waals surface area contributed by atoms with Crippen LogP contribution >= 0.6 is 0 Å². The second kappa shape index (κ2) is 5.59. The van der Waals surface area contributed by atoms with E-state index in [0.717, 1.165) is 5.69 Å². The lowest BCUT2D eigenvalue weighted by molar-refractivity contribution is 0.370. The Balaban J connectivity index is 2.68. The van der Waals surface area contributed by atoms with Gasteiger partial charge in [0.25, 0.3) is 0 Å².